The molecule has 4 rings (SSSR count). The number of hydrogen-bond donors (Lipinski definition) is 2. The summed E-state index contributed by atoms with van der Waals surface area (Å²) in [4.78, 5) is 7.29. The fourth-order valence-corrected chi connectivity index (χ4v) is 3.82. The van der Waals surface area contributed by atoms with E-state index in [0.29, 0.717) is 29.1 Å². The number of nitrogens with one attached hydrogen (secondary N) is 1. The lowest BCUT2D eigenvalue weighted by Crippen LogP contribution is -2.35. The molecule has 0 fully saturated rings. The van der Waals surface area contributed by atoms with E-state index in [4.69, 9.17) is 10.2 Å². The van der Waals surface area contributed by atoms with Gasteiger partial charge in [0, 0.05) is 30.6 Å². The normalized spacial score (nSPS) is 13.6. The number of anilines is 1. The SMILES string of the molecule is CN(c1cc(-c2ncc[nH]2)cc(-c2nnc([C@](C)(N)Cc3ccccc3)o2)c1)S(C)(=O)=O. The van der Waals surface area contributed by atoms with E-state index in [9.17, 15) is 8.42 Å². The van der Waals surface area contributed by atoms with E-state index in [1.165, 1.54) is 11.4 Å². The summed E-state index contributed by atoms with van der Waals surface area (Å²) < 4.78 is 31.4. The van der Waals surface area contributed by atoms with E-state index >= 15 is 0 Å². The number of benzene rings is 2. The fourth-order valence-electron chi connectivity index (χ4n) is 3.33. The molecule has 2 heterocycles. The van der Waals surface area contributed by atoms with Crippen molar-refractivity contribution < 1.29 is 12.8 Å². The largest absolute Gasteiger partial charge is 0.419 e. The van der Waals surface area contributed by atoms with Crippen molar-refractivity contribution in [3.63, 3.8) is 0 Å². The zero-order valence-corrected chi connectivity index (χ0v) is 18.8. The lowest BCUT2D eigenvalue weighted by Gasteiger charge is -2.20. The van der Waals surface area contributed by atoms with Gasteiger partial charge in [0.25, 0.3) is 0 Å². The lowest BCUT2D eigenvalue weighted by molar-refractivity contribution is 0.355. The third-order valence-electron chi connectivity index (χ3n) is 5.13. The summed E-state index contributed by atoms with van der Waals surface area (Å²) in [6.07, 6.45) is 4.97. The third kappa shape index (κ3) is 4.56. The van der Waals surface area contributed by atoms with E-state index in [1.54, 1.807) is 30.6 Å². The van der Waals surface area contributed by atoms with Crippen LogP contribution >= 0.6 is 0 Å². The topological polar surface area (TPSA) is 131 Å². The van der Waals surface area contributed by atoms with Crippen molar-refractivity contribution in [3.8, 4) is 22.8 Å². The number of nitrogens with zero attached hydrogens (tertiary/aromatic N) is 4. The molecule has 0 bridgehead atoms. The number of nitrogens with two attached hydrogens (primary N) is 1. The number of rotatable bonds is 7. The summed E-state index contributed by atoms with van der Waals surface area (Å²) in [5.74, 6) is 1.11. The molecule has 1 atom stereocenters. The Morgan fingerprint density at radius 3 is 2.50 bits per heavy atom. The van der Waals surface area contributed by atoms with E-state index in [1.807, 2.05) is 37.3 Å². The monoisotopic (exact) mass is 452 g/mol. The highest BCUT2D eigenvalue weighted by atomic mass is 32.2. The standard InChI is InChI=1S/C22H24N6O3S/c1-22(23,14-15-7-5-4-6-8-15)21-27-26-20(31-21)17-11-16(19-24-9-10-25-19)12-18(13-17)28(2)32(3,29)30/h4-13H,14,23H2,1-3H3,(H,24,25)/t22-/m1/s1. The van der Waals surface area contributed by atoms with Gasteiger partial charge in [-0.15, -0.1) is 10.2 Å². The molecule has 0 saturated carbocycles. The van der Waals surface area contributed by atoms with E-state index < -0.39 is 15.6 Å². The van der Waals surface area contributed by atoms with Crippen LogP contribution in [0.1, 0.15) is 18.4 Å². The molecule has 0 unspecified atom stereocenters. The van der Waals surface area contributed by atoms with Crippen LogP contribution in [0.3, 0.4) is 0 Å². The van der Waals surface area contributed by atoms with E-state index in [2.05, 4.69) is 20.2 Å². The summed E-state index contributed by atoms with van der Waals surface area (Å²) >= 11 is 0. The molecule has 0 aliphatic carbocycles. The van der Waals surface area contributed by atoms with Crippen molar-refractivity contribution in [2.45, 2.75) is 18.9 Å². The van der Waals surface area contributed by atoms with Gasteiger partial charge in [0.1, 0.15) is 5.82 Å². The van der Waals surface area contributed by atoms with Gasteiger partial charge in [-0.25, -0.2) is 13.4 Å². The highest BCUT2D eigenvalue weighted by molar-refractivity contribution is 7.92. The molecule has 0 aliphatic heterocycles. The number of H-pyrrole nitrogens is 1. The summed E-state index contributed by atoms with van der Waals surface area (Å²) in [6, 6.07) is 15.0. The average Bonchev–Trinajstić information content (AvgIpc) is 3.45. The Morgan fingerprint density at radius 1 is 1.12 bits per heavy atom. The second-order valence-corrected chi connectivity index (χ2v) is 9.94. The zero-order chi connectivity index (χ0) is 22.9. The molecule has 0 aliphatic rings. The van der Waals surface area contributed by atoms with Gasteiger partial charge in [-0.05, 0) is 37.1 Å². The lowest BCUT2D eigenvalue weighted by atomic mass is 9.94. The van der Waals surface area contributed by atoms with Crippen molar-refractivity contribution >= 4 is 15.7 Å². The molecule has 10 heteroatoms. The number of aromatic nitrogens is 4. The molecular weight excluding hydrogens is 428 g/mol. The summed E-state index contributed by atoms with van der Waals surface area (Å²) in [5.41, 5.74) is 8.35. The Hall–Kier alpha value is -3.50. The second kappa shape index (κ2) is 8.21. The summed E-state index contributed by atoms with van der Waals surface area (Å²) in [7, 11) is -1.99. The quantitative estimate of drug-likeness (QED) is 0.441. The van der Waals surface area contributed by atoms with Crippen LogP contribution in [0.25, 0.3) is 22.8 Å². The van der Waals surface area contributed by atoms with Crippen LogP contribution in [0.4, 0.5) is 5.69 Å². The molecule has 3 N–H and O–H groups in total. The molecule has 166 valence electrons. The first-order valence-electron chi connectivity index (χ1n) is 9.89. The predicted molar refractivity (Wildman–Crippen MR) is 122 cm³/mol. The van der Waals surface area contributed by atoms with Gasteiger partial charge in [-0.2, -0.15) is 0 Å². The third-order valence-corrected chi connectivity index (χ3v) is 6.33. The minimum absolute atomic E-state index is 0.237. The Bertz CT molecular complexity index is 1310. The summed E-state index contributed by atoms with van der Waals surface area (Å²) in [5, 5.41) is 8.36. The van der Waals surface area contributed by atoms with Gasteiger partial charge >= 0.3 is 0 Å². The Morgan fingerprint density at radius 2 is 1.84 bits per heavy atom. The second-order valence-electron chi connectivity index (χ2n) is 7.93. The zero-order valence-electron chi connectivity index (χ0n) is 18.0. The molecule has 0 spiro atoms. The summed E-state index contributed by atoms with van der Waals surface area (Å²) in [6.45, 7) is 1.83. The van der Waals surface area contributed by atoms with Crippen molar-refractivity contribution in [1.29, 1.82) is 0 Å². The van der Waals surface area contributed by atoms with Crippen LogP contribution in [0.5, 0.6) is 0 Å². The first-order chi connectivity index (χ1) is 15.1. The first-order valence-corrected chi connectivity index (χ1v) is 11.7. The van der Waals surface area contributed by atoms with Gasteiger partial charge in [0.15, 0.2) is 0 Å². The van der Waals surface area contributed by atoms with Crippen LogP contribution in [-0.2, 0) is 22.0 Å². The molecule has 2 aromatic heterocycles. The molecule has 4 aromatic rings. The number of hydrogen-bond acceptors (Lipinski definition) is 7. The predicted octanol–water partition coefficient (Wildman–Crippen LogP) is 2.94. The smallest absolute Gasteiger partial charge is 0.247 e. The molecule has 0 radical (unpaired) electrons. The van der Waals surface area contributed by atoms with Crippen LogP contribution in [-0.4, -0.2) is 41.9 Å². The molecule has 2 aromatic carbocycles. The number of imidazole rings is 1. The number of sulfonamides is 1. The molecule has 32 heavy (non-hydrogen) atoms. The van der Waals surface area contributed by atoms with Gasteiger partial charge in [-0.3, -0.25) is 4.31 Å². The highest BCUT2D eigenvalue weighted by Gasteiger charge is 2.29. The Labute approximate surface area is 186 Å². The molecule has 0 saturated heterocycles. The van der Waals surface area contributed by atoms with Crippen molar-refractivity contribution in [3.05, 3.63) is 72.4 Å². The van der Waals surface area contributed by atoms with Gasteiger partial charge in [0.2, 0.25) is 21.8 Å². The van der Waals surface area contributed by atoms with Crippen LogP contribution in [0.15, 0.2) is 65.3 Å². The Kier molecular flexibility index (Phi) is 5.57. The maximum absolute atomic E-state index is 12.1. The molecular formula is C22H24N6O3S. The van der Waals surface area contributed by atoms with Crippen LogP contribution < -0.4 is 10.0 Å². The fraction of sp³-hybridized carbons (Fsp3) is 0.227. The van der Waals surface area contributed by atoms with E-state index in [0.717, 1.165) is 11.8 Å². The molecule has 9 nitrogen and oxygen atoms in total. The van der Waals surface area contributed by atoms with Crippen molar-refractivity contribution in [2.24, 2.45) is 5.73 Å². The van der Waals surface area contributed by atoms with Gasteiger partial charge in [-0.1, -0.05) is 30.3 Å². The van der Waals surface area contributed by atoms with Crippen molar-refractivity contribution in [1.82, 2.24) is 20.2 Å². The van der Waals surface area contributed by atoms with Gasteiger partial charge in [0.05, 0.1) is 17.5 Å². The van der Waals surface area contributed by atoms with Crippen molar-refractivity contribution in [2.75, 3.05) is 17.6 Å². The minimum Gasteiger partial charge on any atom is -0.419 e. The first kappa shape index (κ1) is 21.7. The molecule has 0 amide bonds. The highest BCUT2D eigenvalue weighted by Crippen LogP contribution is 2.32. The minimum atomic E-state index is -3.48. The Balaban J connectivity index is 1.73. The average molecular weight is 453 g/mol. The maximum atomic E-state index is 12.1. The maximum Gasteiger partial charge on any atom is 0.247 e. The van der Waals surface area contributed by atoms with E-state index in [-0.39, 0.29) is 11.8 Å². The van der Waals surface area contributed by atoms with Gasteiger partial charge < -0.3 is 15.1 Å². The number of aromatic amines is 1. The van der Waals surface area contributed by atoms with Crippen LogP contribution in [0.2, 0.25) is 0 Å². The van der Waals surface area contributed by atoms with Crippen LogP contribution in [0, 0.1) is 0 Å².